The zero-order valence-corrected chi connectivity index (χ0v) is 13.3. The Morgan fingerprint density at radius 2 is 1.73 bits per heavy atom. The quantitative estimate of drug-likeness (QED) is 0.628. The molecule has 0 spiro atoms. The minimum absolute atomic E-state index is 0.0652. The highest BCUT2D eigenvalue weighted by Gasteiger charge is 2.16. The second-order valence-corrected chi connectivity index (χ2v) is 6.72. The molecule has 0 fully saturated rings. The molecule has 2 nitrogen and oxygen atoms in total. The predicted octanol–water partition coefficient (Wildman–Crippen LogP) is 5.04. The van der Waals surface area contributed by atoms with Gasteiger partial charge in [0.1, 0.15) is 12.1 Å². The Balaban J connectivity index is 2.26. The highest BCUT2D eigenvalue weighted by Crippen LogP contribution is 2.31. The van der Waals surface area contributed by atoms with E-state index < -0.39 is 0 Å². The fraction of sp³-hybridized carbons (Fsp3) is 0.263. The monoisotopic (exact) mass is 294 g/mol. The summed E-state index contributed by atoms with van der Waals surface area (Å²) < 4.78 is 13.4. The van der Waals surface area contributed by atoms with Gasteiger partial charge in [0.2, 0.25) is 0 Å². The molecule has 3 aromatic rings. The van der Waals surface area contributed by atoms with E-state index in [-0.39, 0.29) is 11.2 Å². The summed E-state index contributed by atoms with van der Waals surface area (Å²) in [5.74, 6) is -0.281. The number of rotatable bonds is 1. The number of hydrogen-bond acceptors (Lipinski definition) is 2. The van der Waals surface area contributed by atoms with Crippen LogP contribution in [0.2, 0.25) is 0 Å². The lowest BCUT2D eigenvalue weighted by molar-refractivity contribution is 0.590. The van der Waals surface area contributed by atoms with Crippen molar-refractivity contribution < 1.29 is 4.39 Å². The van der Waals surface area contributed by atoms with Crippen molar-refractivity contribution >= 4 is 10.9 Å². The topological polar surface area (TPSA) is 25.8 Å². The van der Waals surface area contributed by atoms with E-state index in [0.29, 0.717) is 5.52 Å². The molecule has 1 aromatic heterocycles. The molecule has 0 unspecified atom stereocenters. The Kier molecular flexibility index (Phi) is 3.44. The molecule has 22 heavy (non-hydrogen) atoms. The number of aromatic nitrogens is 2. The Morgan fingerprint density at radius 3 is 2.45 bits per heavy atom. The minimum atomic E-state index is -0.281. The van der Waals surface area contributed by atoms with Crippen LogP contribution in [0.3, 0.4) is 0 Å². The number of benzene rings is 2. The molecule has 2 aromatic carbocycles. The van der Waals surface area contributed by atoms with Gasteiger partial charge in [0.25, 0.3) is 0 Å². The van der Waals surface area contributed by atoms with Crippen LogP contribution in [0.15, 0.2) is 42.7 Å². The normalized spacial score (nSPS) is 11.9. The van der Waals surface area contributed by atoms with Crippen LogP contribution in [0.1, 0.15) is 31.9 Å². The van der Waals surface area contributed by atoms with Gasteiger partial charge in [0.05, 0.1) is 11.2 Å². The van der Waals surface area contributed by atoms with E-state index in [4.69, 9.17) is 0 Å². The molecule has 3 rings (SSSR count). The maximum Gasteiger partial charge on any atom is 0.125 e. The van der Waals surface area contributed by atoms with E-state index in [9.17, 15) is 4.39 Å². The van der Waals surface area contributed by atoms with Gasteiger partial charge in [0, 0.05) is 17.0 Å². The second kappa shape index (κ2) is 5.16. The third-order valence-corrected chi connectivity index (χ3v) is 3.82. The number of nitrogens with zero attached hydrogens (tertiary/aromatic N) is 2. The number of fused-ring (bicyclic) bond motifs is 1. The van der Waals surface area contributed by atoms with Gasteiger partial charge in [0.15, 0.2) is 0 Å². The molecule has 3 heteroatoms. The molecule has 112 valence electrons. The first-order valence-corrected chi connectivity index (χ1v) is 7.37. The lowest BCUT2D eigenvalue weighted by Gasteiger charge is -2.21. The number of aryl methyl sites for hydroxylation is 1. The van der Waals surface area contributed by atoms with Crippen molar-refractivity contribution in [2.24, 2.45) is 0 Å². The van der Waals surface area contributed by atoms with Crippen LogP contribution >= 0.6 is 0 Å². The highest BCUT2D eigenvalue weighted by atomic mass is 19.1. The van der Waals surface area contributed by atoms with Crippen LogP contribution in [0.4, 0.5) is 4.39 Å². The molecular formula is C19H19FN2. The van der Waals surface area contributed by atoms with Gasteiger partial charge in [-0.05, 0) is 42.2 Å². The van der Waals surface area contributed by atoms with Crippen LogP contribution < -0.4 is 0 Å². The summed E-state index contributed by atoms with van der Waals surface area (Å²) in [7, 11) is 0. The van der Waals surface area contributed by atoms with Gasteiger partial charge in [-0.2, -0.15) is 0 Å². The molecule has 0 radical (unpaired) electrons. The first kappa shape index (κ1) is 14.6. The molecule has 0 saturated carbocycles. The van der Waals surface area contributed by atoms with Crippen molar-refractivity contribution in [3.63, 3.8) is 0 Å². The van der Waals surface area contributed by atoms with Gasteiger partial charge in [-0.3, -0.25) is 0 Å². The Hall–Kier alpha value is -2.29. The van der Waals surface area contributed by atoms with Gasteiger partial charge in [-0.25, -0.2) is 14.4 Å². The van der Waals surface area contributed by atoms with Gasteiger partial charge in [-0.15, -0.1) is 0 Å². The lowest BCUT2D eigenvalue weighted by Crippen LogP contribution is -2.11. The van der Waals surface area contributed by atoms with Gasteiger partial charge < -0.3 is 0 Å². The van der Waals surface area contributed by atoms with E-state index >= 15 is 0 Å². The maximum absolute atomic E-state index is 13.4. The van der Waals surface area contributed by atoms with Crippen molar-refractivity contribution in [3.8, 4) is 11.3 Å². The Morgan fingerprint density at radius 1 is 0.955 bits per heavy atom. The molecule has 0 aliphatic carbocycles. The smallest absolute Gasteiger partial charge is 0.125 e. The van der Waals surface area contributed by atoms with Crippen molar-refractivity contribution in [3.05, 3.63) is 59.7 Å². The van der Waals surface area contributed by atoms with Crippen LogP contribution in [-0.4, -0.2) is 9.97 Å². The highest BCUT2D eigenvalue weighted by molar-refractivity contribution is 5.92. The zero-order valence-electron chi connectivity index (χ0n) is 13.3. The summed E-state index contributed by atoms with van der Waals surface area (Å²) in [5.41, 5.74) is 5.04. The third-order valence-electron chi connectivity index (χ3n) is 3.82. The lowest BCUT2D eigenvalue weighted by atomic mass is 9.84. The molecular weight excluding hydrogens is 275 g/mol. The predicted molar refractivity (Wildman–Crippen MR) is 88.4 cm³/mol. The largest absolute Gasteiger partial charge is 0.236 e. The Labute approximate surface area is 130 Å². The van der Waals surface area contributed by atoms with Crippen LogP contribution in [-0.2, 0) is 5.41 Å². The summed E-state index contributed by atoms with van der Waals surface area (Å²) in [4.78, 5) is 8.61. The standard InChI is InChI=1S/C19H19FN2/c1-12-7-13(9-14(8-12)19(2,3)4)18-16-6-5-15(20)10-17(16)21-11-22-18/h5-11H,1-4H3. The molecule has 0 amide bonds. The van der Waals surface area contributed by atoms with E-state index in [1.54, 1.807) is 6.07 Å². The SMILES string of the molecule is Cc1cc(-c2ncnc3cc(F)ccc23)cc(C(C)(C)C)c1. The summed E-state index contributed by atoms with van der Waals surface area (Å²) >= 11 is 0. The molecule has 0 aliphatic rings. The van der Waals surface area contributed by atoms with Gasteiger partial charge in [-0.1, -0.05) is 32.4 Å². The van der Waals surface area contributed by atoms with Crippen molar-refractivity contribution in [1.29, 1.82) is 0 Å². The summed E-state index contributed by atoms with van der Waals surface area (Å²) in [6.07, 6.45) is 1.50. The van der Waals surface area contributed by atoms with Crippen molar-refractivity contribution in [2.45, 2.75) is 33.1 Å². The average molecular weight is 294 g/mol. The summed E-state index contributed by atoms with van der Waals surface area (Å²) in [6.45, 7) is 8.67. The van der Waals surface area contributed by atoms with E-state index in [1.165, 1.54) is 29.6 Å². The summed E-state index contributed by atoms with van der Waals surface area (Å²) in [5, 5.41) is 0.870. The number of halogens is 1. The van der Waals surface area contributed by atoms with Crippen LogP contribution in [0.25, 0.3) is 22.2 Å². The van der Waals surface area contributed by atoms with Crippen LogP contribution in [0.5, 0.6) is 0 Å². The second-order valence-electron chi connectivity index (χ2n) is 6.72. The minimum Gasteiger partial charge on any atom is -0.236 e. The fourth-order valence-electron chi connectivity index (χ4n) is 2.61. The Bertz CT molecular complexity index is 848. The third kappa shape index (κ3) is 2.71. The first-order chi connectivity index (χ1) is 10.3. The average Bonchev–Trinajstić information content (AvgIpc) is 2.44. The molecule has 1 heterocycles. The molecule has 0 N–H and O–H groups in total. The maximum atomic E-state index is 13.4. The molecule has 0 bridgehead atoms. The van der Waals surface area contributed by atoms with E-state index in [1.807, 2.05) is 0 Å². The van der Waals surface area contributed by atoms with Crippen molar-refractivity contribution in [2.75, 3.05) is 0 Å². The first-order valence-electron chi connectivity index (χ1n) is 7.37. The molecule has 0 saturated heterocycles. The zero-order chi connectivity index (χ0) is 15.9. The molecule has 0 aliphatic heterocycles. The summed E-state index contributed by atoms with van der Waals surface area (Å²) in [6, 6.07) is 11.1. The molecule has 0 atom stereocenters. The van der Waals surface area contributed by atoms with E-state index in [2.05, 4.69) is 55.9 Å². The van der Waals surface area contributed by atoms with E-state index in [0.717, 1.165) is 16.6 Å². The van der Waals surface area contributed by atoms with Gasteiger partial charge >= 0.3 is 0 Å². The van der Waals surface area contributed by atoms with Crippen molar-refractivity contribution in [1.82, 2.24) is 9.97 Å². The van der Waals surface area contributed by atoms with Crippen LogP contribution in [0, 0.1) is 12.7 Å². The number of hydrogen-bond donors (Lipinski definition) is 0. The fourth-order valence-corrected chi connectivity index (χ4v) is 2.61.